The SMILES string of the molecule is Cc1cc(C(=O)N(CC#N)CC#N)ccc1C#CCN. The number of amides is 1. The van der Waals surface area contributed by atoms with Crippen LogP contribution in [0, 0.1) is 41.4 Å². The highest BCUT2D eigenvalue weighted by atomic mass is 16.2. The predicted octanol–water partition coefficient (Wildman–Crippen LogP) is 0.795. The molecule has 0 fully saturated rings. The largest absolute Gasteiger partial charge is 0.320 e. The molecular weight excluding hydrogens is 252 g/mol. The topological polar surface area (TPSA) is 93.9 Å². The molecule has 0 aromatic heterocycles. The van der Waals surface area contributed by atoms with Crippen molar-refractivity contribution in [3.63, 3.8) is 0 Å². The Morgan fingerprint density at radius 1 is 1.30 bits per heavy atom. The van der Waals surface area contributed by atoms with Crippen molar-refractivity contribution in [1.29, 1.82) is 10.5 Å². The molecule has 0 unspecified atom stereocenters. The number of nitriles is 2. The highest BCUT2D eigenvalue weighted by Crippen LogP contribution is 2.12. The zero-order valence-corrected chi connectivity index (χ0v) is 11.2. The fourth-order valence-corrected chi connectivity index (χ4v) is 1.64. The van der Waals surface area contributed by atoms with Gasteiger partial charge in [0, 0.05) is 11.1 Å². The van der Waals surface area contributed by atoms with Crippen LogP contribution in [0.5, 0.6) is 0 Å². The van der Waals surface area contributed by atoms with Gasteiger partial charge in [-0.15, -0.1) is 0 Å². The summed E-state index contributed by atoms with van der Waals surface area (Å²) in [6, 6.07) is 8.82. The first-order chi connectivity index (χ1) is 9.63. The van der Waals surface area contributed by atoms with Gasteiger partial charge in [-0.05, 0) is 30.7 Å². The van der Waals surface area contributed by atoms with E-state index in [1.165, 1.54) is 4.90 Å². The van der Waals surface area contributed by atoms with E-state index in [1.54, 1.807) is 18.2 Å². The number of rotatable bonds is 3. The van der Waals surface area contributed by atoms with Crippen molar-refractivity contribution in [2.45, 2.75) is 6.92 Å². The minimum atomic E-state index is -0.338. The molecule has 0 atom stereocenters. The van der Waals surface area contributed by atoms with Gasteiger partial charge in [0.05, 0.1) is 18.7 Å². The average Bonchev–Trinajstić information content (AvgIpc) is 2.45. The van der Waals surface area contributed by atoms with Gasteiger partial charge >= 0.3 is 0 Å². The van der Waals surface area contributed by atoms with Crippen molar-refractivity contribution in [2.75, 3.05) is 19.6 Å². The maximum atomic E-state index is 12.2. The Morgan fingerprint density at radius 2 is 1.95 bits per heavy atom. The third kappa shape index (κ3) is 3.85. The zero-order valence-electron chi connectivity index (χ0n) is 11.2. The van der Waals surface area contributed by atoms with Crippen LogP contribution in [-0.2, 0) is 0 Å². The Balaban J connectivity index is 3.03. The van der Waals surface area contributed by atoms with Crippen LogP contribution >= 0.6 is 0 Å². The van der Waals surface area contributed by atoms with Gasteiger partial charge in [-0.25, -0.2) is 0 Å². The van der Waals surface area contributed by atoms with E-state index in [4.69, 9.17) is 16.3 Å². The van der Waals surface area contributed by atoms with E-state index in [0.717, 1.165) is 11.1 Å². The molecule has 0 saturated carbocycles. The maximum absolute atomic E-state index is 12.2. The lowest BCUT2D eigenvalue weighted by Gasteiger charge is -2.16. The summed E-state index contributed by atoms with van der Waals surface area (Å²) in [6.07, 6.45) is 0. The molecule has 1 aromatic carbocycles. The van der Waals surface area contributed by atoms with Crippen molar-refractivity contribution >= 4 is 5.91 Å². The number of hydrogen-bond donors (Lipinski definition) is 1. The van der Waals surface area contributed by atoms with Crippen LogP contribution in [0.25, 0.3) is 0 Å². The summed E-state index contributed by atoms with van der Waals surface area (Å²) in [5.74, 6) is 5.33. The van der Waals surface area contributed by atoms with Gasteiger partial charge < -0.3 is 10.6 Å². The number of carbonyl (C=O) groups is 1. The fraction of sp³-hybridized carbons (Fsp3) is 0.267. The summed E-state index contributed by atoms with van der Waals surface area (Å²) in [7, 11) is 0. The van der Waals surface area contributed by atoms with Crippen molar-refractivity contribution in [3.05, 3.63) is 34.9 Å². The second kappa shape index (κ2) is 7.59. The average molecular weight is 266 g/mol. The number of benzene rings is 1. The Bertz CT molecular complexity index is 625. The standard InChI is InChI=1S/C15H14N4O/c1-12-11-14(5-4-13(12)3-2-6-16)15(20)19(9-7-17)10-8-18/h4-5,11H,6,9-10,16H2,1H3. The van der Waals surface area contributed by atoms with Gasteiger partial charge in [0.1, 0.15) is 13.1 Å². The monoisotopic (exact) mass is 266 g/mol. The first-order valence-corrected chi connectivity index (χ1v) is 5.96. The summed E-state index contributed by atoms with van der Waals surface area (Å²) < 4.78 is 0. The van der Waals surface area contributed by atoms with Gasteiger partial charge in [0.15, 0.2) is 0 Å². The van der Waals surface area contributed by atoms with Gasteiger partial charge in [0.25, 0.3) is 5.91 Å². The van der Waals surface area contributed by atoms with E-state index < -0.39 is 0 Å². The summed E-state index contributed by atoms with van der Waals surface area (Å²) in [5, 5.41) is 17.3. The van der Waals surface area contributed by atoms with E-state index in [2.05, 4.69) is 11.8 Å². The number of hydrogen-bond acceptors (Lipinski definition) is 4. The van der Waals surface area contributed by atoms with Crippen molar-refractivity contribution in [3.8, 4) is 24.0 Å². The number of aryl methyl sites for hydroxylation is 1. The van der Waals surface area contributed by atoms with Crippen LogP contribution in [0.1, 0.15) is 21.5 Å². The number of nitrogens with two attached hydrogens (primary N) is 1. The Morgan fingerprint density at radius 3 is 2.45 bits per heavy atom. The molecule has 0 radical (unpaired) electrons. The molecule has 20 heavy (non-hydrogen) atoms. The molecule has 0 aliphatic carbocycles. The Labute approximate surface area is 118 Å². The van der Waals surface area contributed by atoms with Gasteiger partial charge in [-0.2, -0.15) is 10.5 Å². The lowest BCUT2D eigenvalue weighted by atomic mass is 10.0. The molecule has 1 aromatic rings. The van der Waals surface area contributed by atoms with Crippen LogP contribution in [0.4, 0.5) is 0 Å². The number of nitrogens with zero attached hydrogens (tertiary/aromatic N) is 3. The van der Waals surface area contributed by atoms with Gasteiger partial charge in [0.2, 0.25) is 0 Å². The van der Waals surface area contributed by atoms with Crippen LogP contribution in [-0.4, -0.2) is 30.4 Å². The van der Waals surface area contributed by atoms with E-state index in [0.29, 0.717) is 5.56 Å². The van der Waals surface area contributed by atoms with Crippen molar-refractivity contribution in [1.82, 2.24) is 4.90 Å². The Kier molecular flexibility index (Phi) is 5.78. The predicted molar refractivity (Wildman–Crippen MR) is 74.2 cm³/mol. The minimum Gasteiger partial charge on any atom is -0.320 e. The smallest absolute Gasteiger partial charge is 0.255 e. The lowest BCUT2D eigenvalue weighted by Crippen LogP contribution is -2.31. The van der Waals surface area contributed by atoms with Crippen molar-refractivity contribution < 1.29 is 4.79 Å². The van der Waals surface area contributed by atoms with Gasteiger partial charge in [-0.3, -0.25) is 4.79 Å². The molecule has 0 spiro atoms. The summed E-state index contributed by atoms with van der Waals surface area (Å²) in [6.45, 7) is 1.90. The molecule has 0 saturated heterocycles. The molecule has 0 bridgehead atoms. The lowest BCUT2D eigenvalue weighted by molar-refractivity contribution is 0.0794. The highest BCUT2D eigenvalue weighted by Gasteiger charge is 2.15. The van der Waals surface area contributed by atoms with Crippen molar-refractivity contribution in [2.24, 2.45) is 5.73 Å². The van der Waals surface area contributed by atoms with Crippen LogP contribution in [0.3, 0.4) is 0 Å². The number of carbonyl (C=O) groups excluding carboxylic acids is 1. The third-order valence-electron chi connectivity index (χ3n) is 2.61. The van der Waals surface area contributed by atoms with E-state index >= 15 is 0 Å². The molecule has 0 aliphatic heterocycles. The highest BCUT2D eigenvalue weighted by molar-refractivity contribution is 5.94. The molecule has 5 heteroatoms. The van der Waals surface area contributed by atoms with E-state index in [1.807, 2.05) is 19.1 Å². The molecule has 1 rings (SSSR count). The molecule has 0 heterocycles. The third-order valence-corrected chi connectivity index (χ3v) is 2.61. The van der Waals surface area contributed by atoms with Crippen LogP contribution in [0.15, 0.2) is 18.2 Å². The Hall–Kier alpha value is -2.81. The second-order valence-corrected chi connectivity index (χ2v) is 4.01. The first-order valence-electron chi connectivity index (χ1n) is 5.96. The van der Waals surface area contributed by atoms with Crippen LogP contribution < -0.4 is 5.73 Å². The summed E-state index contributed by atoms with van der Waals surface area (Å²) >= 11 is 0. The molecule has 1 amide bonds. The summed E-state index contributed by atoms with van der Waals surface area (Å²) in [5.41, 5.74) is 7.41. The van der Waals surface area contributed by atoms with Crippen LogP contribution in [0.2, 0.25) is 0 Å². The quantitative estimate of drug-likeness (QED) is 0.646. The fourth-order valence-electron chi connectivity index (χ4n) is 1.64. The van der Waals surface area contributed by atoms with E-state index in [-0.39, 0.29) is 25.5 Å². The molecule has 100 valence electrons. The molecule has 0 aliphatic rings. The summed E-state index contributed by atoms with van der Waals surface area (Å²) in [4.78, 5) is 13.4. The minimum absolute atomic E-state index is 0.111. The normalized spacial score (nSPS) is 8.80. The molecular formula is C15H14N4O. The van der Waals surface area contributed by atoms with E-state index in [9.17, 15) is 4.79 Å². The zero-order chi connectivity index (χ0) is 15.0. The van der Waals surface area contributed by atoms with Gasteiger partial charge in [-0.1, -0.05) is 11.8 Å². The first kappa shape index (κ1) is 15.2. The maximum Gasteiger partial charge on any atom is 0.255 e. The second-order valence-electron chi connectivity index (χ2n) is 4.01. The molecule has 5 nitrogen and oxygen atoms in total. The molecule has 2 N–H and O–H groups in total.